The third-order valence-corrected chi connectivity index (χ3v) is 5.95. The van der Waals surface area contributed by atoms with Crippen LogP contribution in [0.25, 0.3) is 0 Å². The lowest BCUT2D eigenvalue weighted by Gasteiger charge is -2.50. The zero-order valence-corrected chi connectivity index (χ0v) is 12.3. The first kappa shape index (κ1) is 12.7. The zero-order valence-electron chi connectivity index (χ0n) is 12.3. The van der Waals surface area contributed by atoms with Gasteiger partial charge < -0.3 is 10.1 Å². The summed E-state index contributed by atoms with van der Waals surface area (Å²) in [6.07, 6.45) is 10.0. The molecule has 2 fully saturated rings. The maximum absolute atomic E-state index is 6.17. The van der Waals surface area contributed by atoms with E-state index in [1.807, 2.05) is 0 Å². The summed E-state index contributed by atoms with van der Waals surface area (Å²) in [6.45, 7) is 2.95. The van der Waals surface area contributed by atoms with Crippen LogP contribution in [-0.4, -0.2) is 6.61 Å². The number of hydrogen-bond acceptors (Lipinski definition) is 2. The molecule has 2 heteroatoms. The Morgan fingerprint density at radius 3 is 2.75 bits per heavy atom. The molecule has 1 heterocycles. The molecule has 0 saturated heterocycles. The molecule has 1 atom stereocenters. The van der Waals surface area contributed by atoms with E-state index < -0.39 is 0 Å². The van der Waals surface area contributed by atoms with Gasteiger partial charge in [0.2, 0.25) is 0 Å². The average molecular weight is 271 g/mol. The SMILES string of the molecule is c1cc2c(cc1OCC1CCCCC13CCC3)CNC2. The van der Waals surface area contributed by atoms with Crippen molar-refractivity contribution in [1.29, 1.82) is 0 Å². The van der Waals surface area contributed by atoms with Gasteiger partial charge in [0.05, 0.1) is 6.61 Å². The van der Waals surface area contributed by atoms with Crippen molar-refractivity contribution in [2.75, 3.05) is 6.61 Å². The van der Waals surface area contributed by atoms with Crippen molar-refractivity contribution in [2.24, 2.45) is 11.3 Å². The summed E-state index contributed by atoms with van der Waals surface area (Å²) >= 11 is 0. The van der Waals surface area contributed by atoms with Gasteiger partial charge in [-0.25, -0.2) is 0 Å². The molecule has 1 aliphatic heterocycles. The highest BCUT2D eigenvalue weighted by Crippen LogP contribution is 2.55. The standard InChI is InChI=1S/C18H25NO/c1-2-7-18(8-3-9-18)16(4-1)13-20-17-6-5-14-11-19-12-15(14)10-17/h5-6,10,16,19H,1-4,7-9,11-13H2. The molecule has 3 aliphatic rings. The lowest BCUT2D eigenvalue weighted by Crippen LogP contribution is -2.42. The molecular weight excluding hydrogens is 246 g/mol. The van der Waals surface area contributed by atoms with Gasteiger partial charge in [-0.3, -0.25) is 0 Å². The van der Waals surface area contributed by atoms with Gasteiger partial charge in [0, 0.05) is 13.1 Å². The summed E-state index contributed by atoms with van der Waals surface area (Å²) < 4.78 is 6.17. The van der Waals surface area contributed by atoms with E-state index in [0.717, 1.165) is 31.4 Å². The van der Waals surface area contributed by atoms with Gasteiger partial charge in [-0.2, -0.15) is 0 Å². The largest absolute Gasteiger partial charge is 0.493 e. The van der Waals surface area contributed by atoms with E-state index in [1.165, 1.54) is 56.1 Å². The van der Waals surface area contributed by atoms with Crippen LogP contribution in [0.5, 0.6) is 5.75 Å². The van der Waals surface area contributed by atoms with E-state index in [2.05, 4.69) is 23.5 Å². The first-order valence-electron chi connectivity index (χ1n) is 8.31. The summed E-state index contributed by atoms with van der Waals surface area (Å²) in [5, 5.41) is 3.40. The van der Waals surface area contributed by atoms with Gasteiger partial charge in [-0.15, -0.1) is 0 Å². The Morgan fingerprint density at radius 1 is 1.05 bits per heavy atom. The Hall–Kier alpha value is -1.02. The minimum Gasteiger partial charge on any atom is -0.493 e. The summed E-state index contributed by atoms with van der Waals surface area (Å²) in [4.78, 5) is 0. The third-order valence-electron chi connectivity index (χ3n) is 5.95. The summed E-state index contributed by atoms with van der Waals surface area (Å²) in [5.74, 6) is 1.88. The number of benzene rings is 1. The average Bonchev–Trinajstić information content (AvgIpc) is 2.91. The van der Waals surface area contributed by atoms with Crippen molar-refractivity contribution in [3.8, 4) is 5.75 Å². The molecule has 108 valence electrons. The third kappa shape index (κ3) is 2.14. The minimum absolute atomic E-state index is 0.663. The van der Waals surface area contributed by atoms with Crippen LogP contribution in [0.1, 0.15) is 56.1 Å². The summed E-state index contributed by atoms with van der Waals surface area (Å²) in [7, 11) is 0. The number of rotatable bonds is 3. The number of hydrogen-bond donors (Lipinski definition) is 1. The van der Waals surface area contributed by atoms with E-state index in [9.17, 15) is 0 Å². The molecular formula is C18H25NO. The highest BCUT2D eigenvalue weighted by molar-refractivity contribution is 5.37. The lowest BCUT2D eigenvalue weighted by atomic mass is 9.55. The first-order valence-corrected chi connectivity index (χ1v) is 8.31. The first-order chi connectivity index (χ1) is 9.86. The van der Waals surface area contributed by atoms with E-state index in [0.29, 0.717) is 5.41 Å². The number of fused-ring (bicyclic) bond motifs is 1. The molecule has 2 saturated carbocycles. The van der Waals surface area contributed by atoms with E-state index in [4.69, 9.17) is 4.74 Å². The van der Waals surface area contributed by atoms with Crippen molar-refractivity contribution in [3.05, 3.63) is 29.3 Å². The van der Waals surface area contributed by atoms with E-state index in [-0.39, 0.29) is 0 Å². The summed E-state index contributed by atoms with van der Waals surface area (Å²) in [5.41, 5.74) is 3.52. The van der Waals surface area contributed by atoms with Gasteiger partial charge in [0.1, 0.15) is 5.75 Å². The number of ether oxygens (including phenoxy) is 1. The fraction of sp³-hybridized carbons (Fsp3) is 0.667. The van der Waals surface area contributed by atoms with E-state index >= 15 is 0 Å². The van der Waals surface area contributed by atoms with Gasteiger partial charge in [0.25, 0.3) is 0 Å². The maximum Gasteiger partial charge on any atom is 0.119 e. The van der Waals surface area contributed by atoms with Crippen LogP contribution in [0.15, 0.2) is 18.2 Å². The van der Waals surface area contributed by atoms with Crippen LogP contribution in [0.3, 0.4) is 0 Å². The summed E-state index contributed by atoms with van der Waals surface area (Å²) in [6, 6.07) is 6.62. The van der Waals surface area contributed by atoms with Crippen LogP contribution >= 0.6 is 0 Å². The van der Waals surface area contributed by atoms with Crippen molar-refractivity contribution < 1.29 is 4.74 Å². The van der Waals surface area contributed by atoms with Gasteiger partial charge in [-0.05, 0) is 60.3 Å². The monoisotopic (exact) mass is 271 g/mol. The van der Waals surface area contributed by atoms with Crippen molar-refractivity contribution in [1.82, 2.24) is 5.32 Å². The quantitative estimate of drug-likeness (QED) is 0.896. The van der Waals surface area contributed by atoms with Crippen LogP contribution in [-0.2, 0) is 13.1 Å². The molecule has 2 nitrogen and oxygen atoms in total. The molecule has 1 unspecified atom stereocenters. The van der Waals surface area contributed by atoms with Crippen LogP contribution in [0.2, 0.25) is 0 Å². The highest BCUT2D eigenvalue weighted by atomic mass is 16.5. The second-order valence-electron chi connectivity index (χ2n) is 7.00. The molecule has 0 bridgehead atoms. The van der Waals surface area contributed by atoms with Crippen LogP contribution < -0.4 is 10.1 Å². The molecule has 1 spiro atoms. The second kappa shape index (κ2) is 5.07. The normalized spacial score (nSPS) is 27.1. The van der Waals surface area contributed by atoms with Crippen LogP contribution in [0.4, 0.5) is 0 Å². The Bertz CT molecular complexity index is 492. The predicted octanol–water partition coefficient (Wildman–Crippen LogP) is 4.03. The number of nitrogens with one attached hydrogen (secondary N) is 1. The zero-order chi connectivity index (χ0) is 13.4. The second-order valence-corrected chi connectivity index (χ2v) is 7.00. The van der Waals surface area contributed by atoms with Crippen molar-refractivity contribution in [2.45, 2.75) is 58.0 Å². The Balaban J connectivity index is 1.42. The Kier molecular flexibility index (Phi) is 3.22. The molecule has 1 aromatic rings. The highest BCUT2D eigenvalue weighted by Gasteiger charge is 2.45. The minimum atomic E-state index is 0.663. The fourth-order valence-electron chi connectivity index (χ4n) is 4.49. The fourth-order valence-corrected chi connectivity index (χ4v) is 4.49. The topological polar surface area (TPSA) is 21.3 Å². The van der Waals surface area contributed by atoms with Crippen molar-refractivity contribution in [3.63, 3.8) is 0 Å². The molecule has 1 N–H and O–H groups in total. The Labute approximate surface area is 121 Å². The Morgan fingerprint density at radius 2 is 1.90 bits per heavy atom. The molecule has 1 aromatic carbocycles. The molecule has 20 heavy (non-hydrogen) atoms. The molecule has 2 aliphatic carbocycles. The molecule has 0 amide bonds. The van der Waals surface area contributed by atoms with Crippen LogP contribution in [0, 0.1) is 11.3 Å². The predicted molar refractivity (Wildman–Crippen MR) is 80.7 cm³/mol. The molecule has 0 aromatic heterocycles. The maximum atomic E-state index is 6.17. The lowest BCUT2D eigenvalue weighted by molar-refractivity contribution is -0.0166. The van der Waals surface area contributed by atoms with Gasteiger partial charge >= 0.3 is 0 Å². The van der Waals surface area contributed by atoms with E-state index in [1.54, 1.807) is 0 Å². The van der Waals surface area contributed by atoms with Gasteiger partial charge in [0.15, 0.2) is 0 Å². The van der Waals surface area contributed by atoms with Gasteiger partial charge in [-0.1, -0.05) is 25.3 Å². The molecule has 4 rings (SSSR count). The molecule has 0 radical (unpaired) electrons. The smallest absolute Gasteiger partial charge is 0.119 e. The van der Waals surface area contributed by atoms with Crippen molar-refractivity contribution >= 4 is 0 Å².